The molecule has 2 aromatic rings. The lowest BCUT2D eigenvalue weighted by Gasteiger charge is -2.12. The van der Waals surface area contributed by atoms with Gasteiger partial charge in [0, 0.05) is 37.1 Å². The Morgan fingerprint density at radius 3 is 3.04 bits per heavy atom. The van der Waals surface area contributed by atoms with Crippen LogP contribution in [0.15, 0.2) is 42.7 Å². The van der Waals surface area contributed by atoms with E-state index in [-0.39, 0.29) is 12.0 Å². The van der Waals surface area contributed by atoms with Crippen LogP contribution in [0.3, 0.4) is 0 Å². The van der Waals surface area contributed by atoms with Gasteiger partial charge in [0.05, 0.1) is 17.4 Å². The highest BCUT2D eigenvalue weighted by Crippen LogP contribution is 2.14. The largest absolute Gasteiger partial charge is 0.381 e. The molecule has 6 heteroatoms. The first-order chi connectivity index (χ1) is 12.2. The summed E-state index contributed by atoms with van der Waals surface area (Å²) in [5.74, 6) is -0.129. The molecule has 2 heterocycles. The van der Waals surface area contributed by atoms with Crippen LogP contribution in [0.25, 0.3) is 0 Å². The molecule has 0 bridgehead atoms. The Hall–Kier alpha value is -2.11. The number of halogens is 1. The molecule has 5 nitrogen and oxygen atoms in total. The number of nitrogens with one attached hydrogen (secondary N) is 2. The van der Waals surface area contributed by atoms with E-state index in [4.69, 9.17) is 16.3 Å². The summed E-state index contributed by atoms with van der Waals surface area (Å²) in [6.07, 6.45) is 6.46. The van der Waals surface area contributed by atoms with Crippen molar-refractivity contribution in [3.8, 4) is 0 Å². The van der Waals surface area contributed by atoms with Gasteiger partial charge in [-0.15, -0.1) is 0 Å². The van der Waals surface area contributed by atoms with Gasteiger partial charge in [0.15, 0.2) is 0 Å². The highest BCUT2D eigenvalue weighted by atomic mass is 35.5. The molecule has 1 aliphatic rings. The highest BCUT2D eigenvalue weighted by molar-refractivity contribution is 6.30. The Balaban J connectivity index is 1.48. The molecule has 0 aliphatic carbocycles. The molecule has 1 aliphatic heterocycles. The lowest BCUT2D eigenvalue weighted by atomic mass is 10.1. The van der Waals surface area contributed by atoms with E-state index in [1.807, 2.05) is 30.3 Å². The minimum absolute atomic E-state index is 0.129. The van der Waals surface area contributed by atoms with Crippen molar-refractivity contribution in [2.45, 2.75) is 25.4 Å². The van der Waals surface area contributed by atoms with Crippen LogP contribution in [0.2, 0.25) is 5.02 Å². The lowest BCUT2D eigenvalue weighted by Crippen LogP contribution is -2.26. The van der Waals surface area contributed by atoms with Gasteiger partial charge < -0.3 is 15.4 Å². The Bertz CT molecular complexity index is 717. The van der Waals surface area contributed by atoms with Crippen molar-refractivity contribution in [2.24, 2.45) is 0 Å². The van der Waals surface area contributed by atoms with Gasteiger partial charge in [0.2, 0.25) is 0 Å². The van der Waals surface area contributed by atoms with Crippen LogP contribution in [0, 0.1) is 0 Å². The molecular weight excluding hydrogens is 338 g/mol. The first-order valence-electron chi connectivity index (χ1n) is 8.54. The summed E-state index contributed by atoms with van der Waals surface area (Å²) in [5, 5.41) is 6.91. The van der Waals surface area contributed by atoms with Gasteiger partial charge in [-0.1, -0.05) is 23.7 Å². The number of hydrogen-bond acceptors (Lipinski definition) is 4. The Morgan fingerprint density at radius 2 is 2.24 bits per heavy atom. The third-order valence-electron chi connectivity index (χ3n) is 4.15. The first-order valence-corrected chi connectivity index (χ1v) is 8.92. The van der Waals surface area contributed by atoms with E-state index in [9.17, 15) is 4.79 Å². The van der Waals surface area contributed by atoms with Gasteiger partial charge in [-0.25, -0.2) is 0 Å². The number of nitrogens with zero attached hydrogens (tertiary/aromatic N) is 1. The van der Waals surface area contributed by atoms with Crippen LogP contribution < -0.4 is 10.6 Å². The average Bonchev–Trinajstić information content (AvgIpc) is 3.14. The fourth-order valence-corrected chi connectivity index (χ4v) is 3.03. The standard InChI is InChI=1S/C19H22ClN3O2/c20-16-4-1-3-14(9-16)6-7-22-19(24)15-10-17(12-21-11-15)23-13-18-5-2-8-25-18/h1,3-4,9-12,18,23H,2,5-8,13H2,(H,22,24). The van der Waals surface area contributed by atoms with Crippen LogP contribution in [-0.2, 0) is 11.2 Å². The summed E-state index contributed by atoms with van der Waals surface area (Å²) in [6.45, 7) is 2.12. The zero-order valence-corrected chi connectivity index (χ0v) is 14.8. The minimum atomic E-state index is -0.129. The Kier molecular flexibility index (Phi) is 6.25. The van der Waals surface area contributed by atoms with Gasteiger partial charge in [0.25, 0.3) is 5.91 Å². The summed E-state index contributed by atoms with van der Waals surface area (Å²) in [4.78, 5) is 16.4. The van der Waals surface area contributed by atoms with E-state index in [1.165, 1.54) is 0 Å². The minimum Gasteiger partial charge on any atom is -0.381 e. The number of amides is 1. The van der Waals surface area contributed by atoms with Crippen molar-refractivity contribution >= 4 is 23.2 Å². The van der Waals surface area contributed by atoms with Crippen molar-refractivity contribution < 1.29 is 9.53 Å². The number of carbonyl (C=O) groups is 1. The van der Waals surface area contributed by atoms with Gasteiger partial charge >= 0.3 is 0 Å². The van der Waals surface area contributed by atoms with Crippen LogP contribution in [0.4, 0.5) is 5.69 Å². The average molecular weight is 360 g/mol. The topological polar surface area (TPSA) is 63.2 Å². The Labute approximate surface area is 152 Å². The fraction of sp³-hybridized carbons (Fsp3) is 0.368. The second kappa shape index (κ2) is 8.83. The monoisotopic (exact) mass is 359 g/mol. The van der Waals surface area contributed by atoms with E-state index in [2.05, 4.69) is 15.6 Å². The molecule has 0 radical (unpaired) electrons. The number of aromatic nitrogens is 1. The number of rotatable bonds is 7. The molecule has 1 unspecified atom stereocenters. The van der Waals surface area contributed by atoms with Gasteiger partial charge in [-0.05, 0) is 43.0 Å². The van der Waals surface area contributed by atoms with Crippen LogP contribution in [0.1, 0.15) is 28.8 Å². The second-order valence-electron chi connectivity index (χ2n) is 6.11. The van der Waals surface area contributed by atoms with Crippen LogP contribution >= 0.6 is 11.6 Å². The van der Waals surface area contributed by atoms with Crippen molar-refractivity contribution in [1.82, 2.24) is 10.3 Å². The Morgan fingerprint density at radius 1 is 1.32 bits per heavy atom. The quantitative estimate of drug-likeness (QED) is 0.796. The smallest absolute Gasteiger partial charge is 0.252 e. The molecule has 25 heavy (non-hydrogen) atoms. The molecule has 1 aromatic heterocycles. The predicted octanol–water partition coefficient (Wildman–Crippen LogP) is 3.30. The predicted molar refractivity (Wildman–Crippen MR) is 99.2 cm³/mol. The number of hydrogen-bond donors (Lipinski definition) is 2. The molecular formula is C19H22ClN3O2. The zero-order valence-electron chi connectivity index (χ0n) is 14.0. The summed E-state index contributed by atoms with van der Waals surface area (Å²) in [7, 11) is 0. The summed E-state index contributed by atoms with van der Waals surface area (Å²) >= 11 is 5.96. The number of pyridine rings is 1. The van der Waals surface area contributed by atoms with E-state index in [0.29, 0.717) is 17.1 Å². The molecule has 1 atom stereocenters. The summed E-state index contributed by atoms with van der Waals surface area (Å²) in [6, 6.07) is 9.47. The van der Waals surface area contributed by atoms with Gasteiger partial charge in [-0.2, -0.15) is 0 Å². The molecule has 1 amide bonds. The number of benzene rings is 1. The molecule has 0 saturated carbocycles. The summed E-state index contributed by atoms with van der Waals surface area (Å²) in [5.41, 5.74) is 2.47. The van der Waals surface area contributed by atoms with Gasteiger partial charge in [0.1, 0.15) is 0 Å². The van der Waals surface area contributed by atoms with Crippen molar-refractivity contribution in [3.63, 3.8) is 0 Å². The summed E-state index contributed by atoms with van der Waals surface area (Å²) < 4.78 is 5.58. The highest BCUT2D eigenvalue weighted by Gasteiger charge is 2.15. The van der Waals surface area contributed by atoms with E-state index >= 15 is 0 Å². The molecule has 0 spiro atoms. The molecule has 1 aromatic carbocycles. The maximum Gasteiger partial charge on any atom is 0.252 e. The van der Waals surface area contributed by atoms with Gasteiger partial charge in [-0.3, -0.25) is 9.78 Å². The van der Waals surface area contributed by atoms with E-state index in [0.717, 1.165) is 43.7 Å². The molecule has 132 valence electrons. The second-order valence-corrected chi connectivity index (χ2v) is 6.55. The van der Waals surface area contributed by atoms with Crippen LogP contribution in [0.5, 0.6) is 0 Å². The normalized spacial score (nSPS) is 16.6. The fourth-order valence-electron chi connectivity index (χ4n) is 2.81. The number of ether oxygens (including phenoxy) is 1. The van der Waals surface area contributed by atoms with Crippen molar-refractivity contribution in [2.75, 3.05) is 25.0 Å². The number of carbonyl (C=O) groups excluding carboxylic acids is 1. The van der Waals surface area contributed by atoms with E-state index in [1.54, 1.807) is 12.4 Å². The zero-order chi connectivity index (χ0) is 17.5. The van der Waals surface area contributed by atoms with Crippen molar-refractivity contribution in [1.29, 1.82) is 0 Å². The maximum atomic E-state index is 12.3. The van der Waals surface area contributed by atoms with Crippen LogP contribution in [-0.4, -0.2) is 36.7 Å². The molecule has 1 saturated heterocycles. The third-order valence-corrected chi connectivity index (χ3v) is 4.38. The van der Waals surface area contributed by atoms with Crippen molar-refractivity contribution in [3.05, 3.63) is 58.9 Å². The lowest BCUT2D eigenvalue weighted by molar-refractivity contribution is 0.0954. The first kappa shape index (κ1) is 17.7. The maximum absolute atomic E-state index is 12.3. The SMILES string of the molecule is O=C(NCCc1cccc(Cl)c1)c1cncc(NCC2CCCO2)c1. The van der Waals surface area contributed by atoms with E-state index < -0.39 is 0 Å². The molecule has 1 fully saturated rings. The molecule has 2 N–H and O–H groups in total. The molecule has 3 rings (SSSR count). The third kappa shape index (κ3) is 5.44. The number of anilines is 1.